The van der Waals surface area contributed by atoms with Crippen LogP contribution in [-0.2, 0) is 5.41 Å². The van der Waals surface area contributed by atoms with E-state index in [0.717, 1.165) is 55.5 Å². The number of piperidine rings is 1. The van der Waals surface area contributed by atoms with Gasteiger partial charge in [0.1, 0.15) is 11.3 Å². The van der Waals surface area contributed by atoms with Gasteiger partial charge >= 0.3 is 0 Å². The summed E-state index contributed by atoms with van der Waals surface area (Å²) in [5.41, 5.74) is 2.01. The zero-order chi connectivity index (χ0) is 25.5. The van der Waals surface area contributed by atoms with E-state index in [4.69, 9.17) is 21.6 Å². The van der Waals surface area contributed by atoms with E-state index in [9.17, 15) is 5.11 Å². The minimum Gasteiger partial charge on any atom is -0.508 e. The second-order valence-corrected chi connectivity index (χ2v) is 11.5. The van der Waals surface area contributed by atoms with Crippen molar-refractivity contribution in [3.05, 3.63) is 59.0 Å². The molecule has 3 aliphatic rings. The zero-order valence-electron chi connectivity index (χ0n) is 20.9. The Balaban J connectivity index is 1.46. The Kier molecular flexibility index (Phi) is 5.16. The Morgan fingerprint density at radius 3 is 2.73 bits per heavy atom. The molecule has 7 rings (SSSR count). The minimum atomic E-state index is -0.463. The number of likely N-dealkylation sites (N-methyl/N-ethyl adjacent to an activating group) is 1. The highest BCUT2D eigenvalue weighted by Gasteiger charge is 2.58. The highest BCUT2D eigenvalue weighted by molar-refractivity contribution is 6.34. The van der Waals surface area contributed by atoms with Gasteiger partial charge in [-0.15, -0.1) is 0 Å². The number of benzene rings is 3. The summed E-state index contributed by atoms with van der Waals surface area (Å²) in [6, 6.07) is 13.2. The van der Waals surface area contributed by atoms with Crippen molar-refractivity contribution in [2.45, 2.75) is 24.3 Å². The lowest BCUT2D eigenvalue weighted by Gasteiger charge is -2.43. The third kappa shape index (κ3) is 3.51. The predicted octanol–water partition coefficient (Wildman–Crippen LogP) is 4.95. The van der Waals surface area contributed by atoms with Gasteiger partial charge in [0.05, 0.1) is 10.7 Å². The Morgan fingerprint density at radius 2 is 1.95 bits per heavy atom. The van der Waals surface area contributed by atoms with E-state index in [0.29, 0.717) is 39.4 Å². The van der Waals surface area contributed by atoms with E-state index in [-0.39, 0.29) is 16.7 Å². The Bertz CT molecular complexity index is 1570. The van der Waals surface area contributed by atoms with Crippen LogP contribution in [0.1, 0.15) is 18.5 Å². The maximum absolute atomic E-state index is 16.6. The maximum atomic E-state index is 16.6. The molecule has 37 heavy (non-hydrogen) atoms. The monoisotopic (exact) mass is 517 g/mol. The number of rotatable bonds is 4. The van der Waals surface area contributed by atoms with Gasteiger partial charge in [0.25, 0.3) is 0 Å². The molecule has 0 amide bonds. The summed E-state index contributed by atoms with van der Waals surface area (Å²) < 4.78 is 16.6. The summed E-state index contributed by atoms with van der Waals surface area (Å²) in [6.07, 6.45) is 2.02. The van der Waals surface area contributed by atoms with Gasteiger partial charge in [0, 0.05) is 35.5 Å². The molecule has 0 spiro atoms. The van der Waals surface area contributed by atoms with E-state index in [1.54, 1.807) is 12.1 Å². The fourth-order valence-corrected chi connectivity index (χ4v) is 6.64. The summed E-state index contributed by atoms with van der Waals surface area (Å²) in [4.78, 5) is 14.3. The van der Waals surface area contributed by atoms with Gasteiger partial charge in [-0.1, -0.05) is 35.9 Å². The van der Waals surface area contributed by atoms with Crippen LogP contribution in [0.25, 0.3) is 32.8 Å². The second kappa shape index (κ2) is 8.25. The van der Waals surface area contributed by atoms with Gasteiger partial charge in [-0.2, -0.15) is 0 Å². The minimum absolute atomic E-state index is 0.0536. The van der Waals surface area contributed by atoms with Crippen molar-refractivity contribution in [3.8, 4) is 16.9 Å². The van der Waals surface area contributed by atoms with Gasteiger partial charge in [-0.25, -0.2) is 14.4 Å². The largest absolute Gasteiger partial charge is 0.508 e. The van der Waals surface area contributed by atoms with E-state index in [1.165, 1.54) is 0 Å². The normalized spacial score (nSPS) is 23.5. The molecule has 0 radical (unpaired) electrons. The number of nitrogens with one attached hydrogen (secondary N) is 1. The molecule has 2 saturated heterocycles. The van der Waals surface area contributed by atoms with Crippen molar-refractivity contribution in [2.24, 2.45) is 5.92 Å². The highest BCUT2D eigenvalue weighted by atomic mass is 35.5. The zero-order valence-corrected chi connectivity index (χ0v) is 21.7. The molecule has 3 fully saturated rings. The summed E-state index contributed by atoms with van der Waals surface area (Å²) in [7, 11) is 4.15. The maximum Gasteiger partial charge on any atom is 0.226 e. The summed E-state index contributed by atoms with van der Waals surface area (Å²) in [5.74, 6) is 0.690. The molecule has 1 saturated carbocycles. The van der Waals surface area contributed by atoms with Crippen LogP contribution < -0.4 is 10.2 Å². The topological polar surface area (TPSA) is 64.5 Å². The fraction of sp³-hybridized carbons (Fsp3) is 0.379. The van der Waals surface area contributed by atoms with Crippen LogP contribution in [0.4, 0.5) is 10.3 Å². The summed E-state index contributed by atoms with van der Waals surface area (Å²) in [6.45, 7) is 3.51. The van der Waals surface area contributed by atoms with Gasteiger partial charge in [-0.3, -0.25) is 0 Å². The number of anilines is 1. The van der Waals surface area contributed by atoms with E-state index in [2.05, 4.69) is 29.2 Å². The molecule has 8 heteroatoms. The number of aromatic nitrogens is 2. The quantitative estimate of drug-likeness (QED) is 0.399. The number of hydrogen-bond donors (Lipinski definition) is 2. The fourth-order valence-electron chi connectivity index (χ4n) is 6.35. The lowest BCUT2D eigenvalue weighted by atomic mass is 9.88. The third-order valence-electron chi connectivity index (χ3n) is 8.70. The molecule has 0 bridgehead atoms. The highest BCUT2D eigenvalue weighted by Crippen LogP contribution is 2.59. The lowest BCUT2D eigenvalue weighted by Crippen LogP contribution is -2.58. The number of halogens is 2. The van der Waals surface area contributed by atoms with E-state index >= 15 is 4.39 Å². The van der Waals surface area contributed by atoms with Crippen LogP contribution in [0.2, 0.25) is 5.02 Å². The Hall–Kier alpha value is -3.00. The van der Waals surface area contributed by atoms with Crippen molar-refractivity contribution >= 4 is 39.2 Å². The van der Waals surface area contributed by atoms with Crippen molar-refractivity contribution in [1.29, 1.82) is 0 Å². The number of phenols is 1. The number of fused-ring (bicyclic) bond motifs is 3. The first-order valence-corrected chi connectivity index (χ1v) is 13.3. The number of phenolic OH excluding ortho intramolecular Hbond substituents is 1. The van der Waals surface area contributed by atoms with Crippen molar-refractivity contribution in [2.75, 3.05) is 45.2 Å². The lowest BCUT2D eigenvalue weighted by molar-refractivity contribution is 0.245. The SMILES string of the molecule is CN(C)C1CN(c2nc([C@]34CCNC[C@H]3C4)c3cc(Cl)c(-c4cc(O)cc5ccccc45)c(F)c3n2)C1. The molecule has 6 nitrogen and oxygen atoms in total. The van der Waals surface area contributed by atoms with Crippen molar-refractivity contribution in [1.82, 2.24) is 20.2 Å². The average molecular weight is 518 g/mol. The molecule has 2 N–H and O–H groups in total. The van der Waals surface area contributed by atoms with Gasteiger partial charge in [-0.05, 0) is 80.5 Å². The van der Waals surface area contributed by atoms with E-state index < -0.39 is 5.82 Å². The Morgan fingerprint density at radius 1 is 1.14 bits per heavy atom. The van der Waals surface area contributed by atoms with Crippen LogP contribution in [0.15, 0.2) is 42.5 Å². The molecule has 1 aromatic heterocycles. The van der Waals surface area contributed by atoms with Crippen molar-refractivity contribution < 1.29 is 9.50 Å². The number of hydrogen-bond acceptors (Lipinski definition) is 6. The first kappa shape index (κ1) is 23.1. The van der Waals surface area contributed by atoms with E-state index in [1.807, 2.05) is 30.3 Å². The molecule has 0 unspecified atom stereocenters. The van der Waals surface area contributed by atoms with Crippen LogP contribution in [-0.4, -0.2) is 66.3 Å². The third-order valence-corrected chi connectivity index (χ3v) is 9.00. The first-order valence-electron chi connectivity index (χ1n) is 12.9. The van der Waals surface area contributed by atoms with Crippen LogP contribution in [0.5, 0.6) is 5.75 Å². The van der Waals surface area contributed by atoms with Crippen molar-refractivity contribution in [3.63, 3.8) is 0 Å². The Labute approximate surface area is 220 Å². The summed E-state index contributed by atoms with van der Waals surface area (Å²) >= 11 is 6.85. The molecule has 3 aromatic carbocycles. The molecular formula is C29H29ClFN5O. The molecule has 2 atom stereocenters. The molecule has 190 valence electrons. The summed E-state index contributed by atoms with van der Waals surface area (Å²) in [5, 5.41) is 16.6. The van der Waals surface area contributed by atoms with Crippen LogP contribution in [0, 0.1) is 11.7 Å². The molecule has 2 aliphatic heterocycles. The van der Waals surface area contributed by atoms with Gasteiger partial charge in [0.2, 0.25) is 5.95 Å². The van der Waals surface area contributed by atoms with Gasteiger partial charge in [0.15, 0.2) is 5.82 Å². The van der Waals surface area contributed by atoms with Crippen LogP contribution >= 0.6 is 11.6 Å². The van der Waals surface area contributed by atoms with Gasteiger partial charge < -0.3 is 20.2 Å². The molecule has 1 aliphatic carbocycles. The smallest absolute Gasteiger partial charge is 0.226 e. The van der Waals surface area contributed by atoms with Crippen LogP contribution in [0.3, 0.4) is 0 Å². The second-order valence-electron chi connectivity index (χ2n) is 11.1. The number of aromatic hydroxyl groups is 1. The predicted molar refractivity (Wildman–Crippen MR) is 146 cm³/mol. The molecular weight excluding hydrogens is 489 g/mol. The molecule has 4 aromatic rings. The number of nitrogens with zero attached hydrogens (tertiary/aromatic N) is 4. The first-order chi connectivity index (χ1) is 17.9. The standard InChI is InChI=1S/C29H29ClFN5O/c1-35(2)18-14-36(15-18)28-33-26-22(27(34-28)29-7-8-32-13-17(29)12-29)11-23(30)24(25(26)31)21-10-19(37)9-16-5-3-4-6-20(16)21/h3-6,9-11,17-18,32,37H,7-8,12-15H2,1-2H3/t17-,29+/m1/s1. The molecule has 3 heterocycles. The average Bonchev–Trinajstić information content (AvgIpc) is 3.59.